The molecule has 1 aliphatic heterocycles. The van der Waals surface area contributed by atoms with Crippen LogP contribution in [0.25, 0.3) is 0 Å². The maximum Gasteiger partial charge on any atom is 0.122 e. The quantitative estimate of drug-likeness (QED) is 0.838. The van der Waals surface area contributed by atoms with Gasteiger partial charge >= 0.3 is 0 Å². The lowest BCUT2D eigenvalue weighted by Gasteiger charge is -2.21. The molecule has 0 aliphatic carbocycles. The fourth-order valence-corrected chi connectivity index (χ4v) is 2.31. The van der Waals surface area contributed by atoms with E-state index in [0.717, 1.165) is 26.1 Å². The minimum Gasteiger partial charge on any atom is -0.493 e. The second kappa shape index (κ2) is 6.63. The van der Waals surface area contributed by atoms with Crippen LogP contribution in [0, 0.1) is 17.2 Å². The van der Waals surface area contributed by atoms with Crippen molar-refractivity contribution in [1.29, 1.82) is 5.26 Å². The molecule has 0 aromatic heterocycles. The number of ether oxygens (including phenoxy) is 2. The molecule has 3 nitrogen and oxygen atoms in total. The molecule has 4 heteroatoms. The maximum atomic E-state index is 8.84. The van der Waals surface area contributed by atoms with Gasteiger partial charge in [0.15, 0.2) is 0 Å². The Morgan fingerprint density at radius 1 is 1.44 bits per heavy atom. The van der Waals surface area contributed by atoms with Crippen LogP contribution in [0.4, 0.5) is 0 Å². The van der Waals surface area contributed by atoms with E-state index < -0.39 is 0 Å². The van der Waals surface area contributed by atoms with Gasteiger partial charge in [0.2, 0.25) is 0 Å². The summed E-state index contributed by atoms with van der Waals surface area (Å²) in [5.41, 5.74) is 0.526. The molecule has 0 N–H and O–H groups in total. The number of nitriles is 1. The topological polar surface area (TPSA) is 42.2 Å². The predicted octanol–water partition coefficient (Wildman–Crippen LogP) is 3.41. The first-order valence-electron chi connectivity index (χ1n) is 6.19. The van der Waals surface area contributed by atoms with Gasteiger partial charge in [-0.1, -0.05) is 11.6 Å². The number of hydrogen-bond donors (Lipinski definition) is 0. The molecule has 1 atom stereocenters. The number of nitrogens with zero attached hydrogens (tertiary/aromatic N) is 1. The van der Waals surface area contributed by atoms with E-state index in [1.807, 2.05) is 0 Å². The van der Waals surface area contributed by atoms with E-state index in [1.54, 1.807) is 18.2 Å². The molecule has 0 spiro atoms. The first kappa shape index (κ1) is 13.2. The molecule has 1 aliphatic rings. The average molecular weight is 266 g/mol. The van der Waals surface area contributed by atoms with Crippen molar-refractivity contribution in [3.8, 4) is 11.8 Å². The lowest BCUT2D eigenvalue weighted by molar-refractivity contribution is 0.0462. The van der Waals surface area contributed by atoms with Crippen molar-refractivity contribution in [2.75, 3.05) is 19.8 Å². The van der Waals surface area contributed by atoms with E-state index >= 15 is 0 Å². The molecule has 18 heavy (non-hydrogen) atoms. The molecular formula is C14H16ClNO2. The predicted molar refractivity (Wildman–Crippen MR) is 69.8 cm³/mol. The van der Waals surface area contributed by atoms with Crippen LogP contribution < -0.4 is 4.74 Å². The van der Waals surface area contributed by atoms with Gasteiger partial charge in [0, 0.05) is 18.2 Å². The normalized spacial score (nSPS) is 19.2. The molecule has 0 bridgehead atoms. The van der Waals surface area contributed by atoms with Crippen LogP contribution in [0.2, 0.25) is 5.02 Å². The summed E-state index contributed by atoms with van der Waals surface area (Å²) in [6.07, 6.45) is 3.33. The Morgan fingerprint density at radius 3 is 3.06 bits per heavy atom. The fraction of sp³-hybridized carbons (Fsp3) is 0.500. The lowest BCUT2D eigenvalue weighted by atomic mass is 9.99. The molecule has 1 unspecified atom stereocenters. The summed E-state index contributed by atoms with van der Waals surface area (Å²) in [6.45, 7) is 2.36. The fourth-order valence-electron chi connectivity index (χ4n) is 2.09. The van der Waals surface area contributed by atoms with Gasteiger partial charge in [0.05, 0.1) is 18.2 Å². The Morgan fingerprint density at radius 2 is 2.33 bits per heavy atom. The molecule has 96 valence electrons. The van der Waals surface area contributed by atoms with Crippen LogP contribution >= 0.6 is 11.6 Å². The Bertz CT molecular complexity index is 436. The Kier molecular flexibility index (Phi) is 4.86. The van der Waals surface area contributed by atoms with Crippen LogP contribution in [-0.4, -0.2) is 19.8 Å². The van der Waals surface area contributed by atoms with Crippen LogP contribution in [0.15, 0.2) is 18.2 Å². The maximum absolute atomic E-state index is 8.84. The molecule has 1 heterocycles. The molecule has 0 saturated carbocycles. The van der Waals surface area contributed by atoms with E-state index in [0.29, 0.717) is 28.9 Å². The minimum absolute atomic E-state index is 0.526. The molecule has 0 radical (unpaired) electrons. The van der Waals surface area contributed by atoms with Crippen molar-refractivity contribution >= 4 is 11.6 Å². The minimum atomic E-state index is 0.526. The van der Waals surface area contributed by atoms with E-state index in [-0.39, 0.29) is 0 Å². The summed E-state index contributed by atoms with van der Waals surface area (Å²) in [6, 6.07) is 7.14. The Balaban J connectivity index is 1.82. The van der Waals surface area contributed by atoms with Gasteiger partial charge < -0.3 is 9.47 Å². The van der Waals surface area contributed by atoms with Crippen molar-refractivity contribution in [3.05, 3.63) is 28.8 Å². The number of rotatable bonds is 4. The highest BCUT2D eigenvalue weighted by Gasteiger charge is 2.13. The van der Waals surface area contributed by atoms with Crippen molar-refractivity contribution in [2.45, 2.75) is 19.3 Å². The van der Waals surface area contributed by atoms with Gasteiger partial charge in [-0.3, -0.25) is 0 Å². The van der Waals surface area contributed by atoms with Crippen LogP contribution in [0.5, 0.6) is 5.75 Å². The summed E-state index contributed by atoms with van der Waals surface area (Å²) < 4.78 is 11.1. The highest BCUT2D eigenvalue weighted by Crippen LogP contribution is 2.22. The van der Waals surface area contributed by atoms with Gasteiger partial charge in [-0.25, -0.2) is 0 Å². The largest absolute Gasteiger partial charge is 0.493 e. The lowest BCUT2D eigenvalue weighted by Crippen LogP contribution is -2.19. The molecule has 1 fully saturated rings. The number of halogens is 1. The molecule has 0 amide bonds. The molecule has 2 rings (SSSR count). The number of benzene rings is 1. The monoisotopic (exact) mass is 265 g/mol. The summed E-state index contributed by atoms with van der Waals surface area (Å²) >= 11 is 5.91. The van der Waals surface area contributed by atoms with Gasteiger partial charge in [0.25, 0.3) is 0 Å². The smallest absolute Gasteiger partial charge is 0.122 e. The second-order valence-corrected chi connectivity index (χ2v) is 4.94. The van der Waals surface area contributed by atoms with Crippen molar-refractivity contribution in [1.82, 2.24) is 0 Å². The summed E-state index contributed by atoms with van der Waals surface area (Å²) in [5.74, 6) is 1.25. The van der Waals surface area contributed by atoms with Crippen LogP contribution in [0.1, 0.15) is 24.8 Å². The van der Waals surface area contributed by atoms with E-state index in [1.165, 1.54) is 6.42 Å². The zero-order valence-corrected chi connectivity index (χ0v) is 10.9. The van der Waals surface area contributed by atoms with Gasteiger partial charge in [-0.2, -0.15) is 5.26 Å². The molecular weight excluding hydrogens is 250 g/mol. The molecule has 1 aromatic carbocycles. The van der Waals surface area contributed by atoms with Crippen molar-refractivity contribution < 1.29 is 9.47 Å². The first-order chi connectivity index (χ1) is 8.78. The van der Waals surface area contributed by atoms with Crippen molar-refractivity contribution in [3.63, 3.8) is 0 Å². The summed E-state index contributed by atoms with van der Waals surface area (Å²) in [5, 5.41) is 9.37. The molecule has 1 saturated heterocycles. The zero-order valence-electron chi connectivity index (χ0n) is 10.2. The van der Waals surface area contributed by atoms with E-state index in [9.17, 15) is 0 Å². The van der Waals surface area contributed by atoms with Crippen LogP contribution in [0.3, 0.4) is 0 Å². The molecule has 1 aromatic rings. The number of hydrogen-bond acceptors (Lipinski definition) is 3. The average Bonchev–Trinajstić information content (AvgIpc) is 2.39. The Labute approximate surface area is 112 Å². The van der Waals surface area contributed by atoms with Gasteiger partial charge in [-0.05, 0) is 43.4 Å². The van der Waals surface area contributed by atoms with Gasteiger partial charge in [0.1, 0.15) is 5.75 Å². The first-order valence-corrected chi connectivity index (χ1v) is 6.57. The zero-order chi connectivity index (χ0) is 12.8. The van der Waals surface area contributed by atoms with E-state index in [2.05, 4.69) is 6.07 Å². The summed E-state index contributed by atoms with van der Waals surface area (Å²) in [7, 11) is 0. The third-order valence-electron chi connectivity index (χ3n) is 3.05. The van der Waals surface area contributed by atoms with Crippen LogP contribution in [-0.2, 0) is 4.74 Å². The van der Waals surface area contributed by atoms with E-state index in [4.69, 9.17) is 26.3 Å². The third kappa shape index (κ3) is 3.90. The Hall–Kier alpha value is -1.24. The van der Waals surface area contributed by atoms with Crippen molar-refractivity contribution in [2.24, 2.45) is 5.92 Å². The summed E-state index contributed by atoms with van der Waals surface area (Å²) in [4.78, 5) is 0. The second-order valence-electron chi connectivity index (χ2n) is 4.51. The standard InChI is InChI=1S/C14H16ClNO2/c15-13-6-12(9-16)7-14(8-13)18-5-3-11-2-1-4-17-10-11/h6-8,11H,1-5,10H2. The highest BCUT2D eigenvalue weighted by atomic mass is 35.5. The third-order valence-corrected chi connectivity index (χ3v) is 3.27. The highest BCUT2D eigenvalue weighted by molar-refractivity contribution is 6.30. The van der Waals surface area contributed by atoms with Gasteiger partial charge in [-0.15, -0.1) is 0 Å². The SMILES string of the molecule is N#Cc1cc(Cl)cc(OCCC2CCCOC2)c1.